The number of sulfonamides is 1. The smallest absolute Gasteiger partial charge is 0.251 e. The molecule has 0 bridgehead atoms. The third-order valence-corrected chi connectivity index (χ3v) is 5.87. The van der Waals surface area contributed by atoms with E-state index in [1.807, 2.05) is 0 Å². The van der Waals surface area contributed by atoms with Crippen molar-refractivity contribution < 1.29 is 21.6 Å². The van der Waals surface area contributed by atoms with Gasteiger partial charge in [-0.25, -0.2) is 21.1 Å². The largest absolute Gasteiger partial charge is 0.351 e. The zero-order valence-electron chi connectivity index (χ0n) is 13.0. The van der Waals surface area contributed by atoms with E-state index < -0.39 is 25.8 Å². The van der Waals surface area contributed by atoms with E-state index in [-0.39, 0.29) is 22.8 Å². The van der Waals surface area contributed by atoms with Gasteiger partial charge in [0.15, 0.2) is 0 Å². The molecular formula is C13H20N2O5S2. The highest BCUT2D eigenvalue weighted by Gasteiger charge is 2.21. The highest BCUT2D eigenvalue weighted by molar-refractivity contribution is 7.90. The van der Waals surface area contributed by atoms with Crippen molar-refractivity contribution in [2.45, 2.75) is 11.8 Å². The van der Waals surface area contributed by atoms with Crippen LogP contribution in [0.2, 0.25) is 0 Å². The normalized spacial score (nSPS) is 12.4. The standard InChI is InChI=1S/C13H20N2O5S2/c1-10-5-6-11(9-12(10)22(19,20)15(2)3)13(16)14-7-8-21(4,17)18/h5-6,9H,7-8H2,1-4H3,(H,14,16). The number of nitrogens with zero attached hydrogens (tertiary/aromatic N) is 1. The Kier molecular flexibility index (Phi) is 5.71. The minimum Gasteiger partial charge on any atom is -0.351 e. The summed E-state index contributed by atoms with van der Waals surface area (Å²) < 4.78 is 47.5. The molecule has 7 nitrogen and oxygen atoms in total. The second-order valence-electron chi connectivity index (χ2n) is 5.15. The summed E-state index contributed by atoms with van der Waals surface area (Å²) in [4.78, 5) is 12.0. The third kappa shape index (κ3) is 4.79. The highest BCUT2D eigenvalue weighted by atomic mass is 32.2. The maximum absolute atomic E-state index is 12.2. The van der Waals surface area contributed by atoms with Crippen LogP contribution in [0.4, 0.5) is 0 Å². The Morgan fingerprint density at radius 3 is 2.27 bits per heavy atom. The average molecular weight is 348 g/mol. The van der Waals surface area contributed by atoms with E-state index in [1.165, 1.54) is 26.2 Å². The average Bonchev–Trinajstić information content (AvgIpc) is 2.37. The second kappa shape index (κ2) is 6.76. The van der Waals surface area contributed by atoms with Crippen LogP contribution in [0.25, 0.3) is 0 Å². The lowest BCUT2D eigenvalue weighted by Gasteiger charge is -2.14. The quantitative estimate of drug-likeness (QED) is 0.781. The van der Waals surface area contributed by atoms with Gasteiger partial charge in [0.1, 0.15) is 9.84 Å². The van der Waals surface area contributed by atoms with E-state index in [4.69, 9.17) is 0 Å². The van der Waals surface area contributed by atoms with Crippen molar-refractivity contribution in [1.82, 2.24) is 9.62 Å². The van der Waals surface area contributed by atoms with Crippen molar-refractivity contribution >= 4 is 25.8 Å². The number of rotatable bonds is 6. The van der Waals surface area contributed by atoms with Crippen LogP contribution in [-0.2, 0) is 19.9 Å². The summed E-state index contributed by atoms with van der Waals surface area (Å²) in [6.07, 6.45) is 1.08. The SMILES string of the molecule is Cc1ccc(C(=O)NCCS(C)(=O)=O)cc1S(=O)(=O)N(C)C. The van der Waals surface area contributed by atoms with Crippen LogP contribution < -0.4 is 5.32 Å². The first-order valence-corrected chi connectivity index (χ1v) is 9.94. The maximum atomic E-state index is 12.2. The number of aryl methyl sites for hydroxylation is 1. The number of carbonyl (C=O) groups excluding carboxylic acids is 1. The van der Waals surface area contributed by atoms with E-state index in [0.717, 1.165) is 10.6 Å². The number of hydrogen-bond donors (Lipinski definition) is 1. The molecule has 22 heavy (non-hydrogen) atoms. The summed E-state index contributed by atoms with van der Waals surface area (Å²) in [6.45, 7) is 1.61. The Bertz CT molecular complexity index is 768. The van der Waals surface area contributed by atoms with E-state index in [9.17, 15) is 21.6 Å². The van der Waals surface area contributed by atoms with Crippen LogP contribution in [0.3, 0.4) is 0 Å². The van der Waals surface area contributed by atoms with Crippen molar-refractivity contribution in [3.63, 3.8) is 0 Å². The Balaban J connectivity index is 3.01. The number of sulfone groups is 1. The monoisotopic (exact) mass is 348 g/mol. The van der Waals surface area contributed by atoms with Crippen LogP contribution in [0, 0.1) is 6.92 Å². The fourth-order valence-electron chi connectivity index (χ4n) is 1.67. The molecule has 0 atom stereocenters. The lowest BCUT2D eigenvalue weighted by Crippen LogP contribution is -2.29. The molecule has 0 aromatic heterocycles. The molecule has 1 amide bonds. The third-order valence-electron chi connectivity index (χ3n) is 2.97. The van der Waals surface area contributed by atoms with Gasteiger partial charge in [-0.05, 0) is 24.6 Å². The van der Waals surface area contributed by atoms with Gasteiger partial charge < -0.3 is 5.32 Å². The van der Waals surface area contributed by atoms with E-state index in [2.05, 4.69) is 5.32 Å². The van der Waals surface area contributed by atoms with E-state index in [1.54, 1.807) is 13.0 Å². The fraction of sp³-hybridized carbons (Fsp3) is 0.462. The van der Waals surface area contributed by atoms with Crippen LogP contribution in [-0.4, -0.2) is 59.7 Å². The molecule has 1 aromatic carbocycles. The molecule has 0 aliphatic carbocycles. The molecule has 0 radical (unpaired) electrons. The van der Waals surface area contributed by atoms with Gasteiger partial charge >= 0.3 is 0 Å². The summed E-state index contributed by atoms with van der Waals surface area (Å²) in [7, 11) is -4.00. The van der Waals surface area contributed by atoms with Gasteiger partial charge in [0.25, 0.3) is 5.91 Å². The van der Waals surface area contributed by atoms with Gasteiger partial charge in [0, 0.05) is 32.5 Å². The zero-order chi connectivity index (χ0) is 17.1. The molecule has 1 N–H and O–H groups in total. The van der Waals surface area contributed by atoms with Crippen LogP contribution in [0.15, 0.2) is 23.1 Å². The van der Waals surface area contributed by atoms with Crippen molar-refractivity contribution in [3.8, 4) is 0 Å². The lowest BCUT2D eigenvalue weighted by atomic mass is 10.1. The Morgan fingerprint density at radius 2 is 1.77 bits per heavy atom. The topological polar surface area (TPSA) is 101 Å². The van der Waals surface area contributed by atoms with Gasteiger partial charge in [-0.1, -0.05) is 6.07 Å². The van der Waals surface area contributed by atoms with Crippen molar-refractivity contribution in [3.05, 3.63) is 29.3 Å². The molecule has 0 saturated heterocycles. The minimum absolute atomic E-state index is 0.0265. The molecule has 124 valence electrons. The molecule has 9 heteroatoms. The Hall–Kier alpha value is -1.45. The van der Waals surface area contributed by atoms with Crippen LogP contribution in [0.5, 0.6) is 0 Å². The Morgan fingerprint density at radius 1 is 1.18 bits per heavy atom. The number of nitrogens with one attached hydrogen (secondary N) is 1. The summed E-state index contributed by atoms with van der Waals surface area (Å²) in [5.41, 5.74) is 0.695. The predicted octanol–water partition coefficient (Wildman–Crippen LogP) is 0.0197. The number of benzene rings is 1. The molecule has 0 aliphatic rings. The first kappa shape index (κ1) is 18.6. The van der Waals surface area contributed by atoms with Crippen molar-refractivity contribution in [1.29, 1.82) is 0 Å². The van der Waals surface area contributed by atoms with Gasteiger partial charge in [-0.2, -0.15) is 0 Å². The van der Waals surface area contributed by atoms with Gasteiger partial charge in [-0.15, -0.1) is 0 Å². The molecule has 1 aromatic rings. The summed E-state index contributed by atoms with van der Waals surface area (Å²) in [5, 5.41) is 2.46. The fourth-order valence-corrected chi connectivity index (χ4v) is 3.29. The number of hydrogen-bond acceptors (Lipinski definition) is 5. The van der Waals surface area contributed by atoms with E-state index >= 15 is 0 Å². The van der Waals surface area contributed by atoms with Crippen molar-refractivity contribution in [2.75, 3.05) is 32.6 Å². The summed E-state index contributed by atoms with van der Waals surface area (Å²) >= 11 is 0. The highest BCUT2D eigenvalue weighted by Crippen LogP contribution is 2.19. The minimum atomic E-state index is -3.65. The molecule has 1 rings (SSSR count). The second-order valence-corrected chi connectivity index (χ2v) is 9.53. The van der Waals surface area contributed by atoms with Gasteiger partial charge in [0.05, 0.1) is 10.6 Å². The molecule has 0 saturated carbocycles. The maximum Gasteiger partial charge on any atom is 0.251 e. The van der Waals surface area contributed by atoms with Crippen LogP contribution >= 0.6 is 0 Å². The Labute approximate surface area is 131 Å². The molecule has 0 fully saturated rings. The predicted molar refractivity (Wildman–Crippen MR) is 84.1 cm³/mol. The molecule has 0 spiro atoms. The molecular weight excluding hydrogens is 328 g/mol. The molecule has 0 aliphatic heterocycles. The first-order chi connectivity index (χ1) is 9.95. The van der Waals surface area contributed by atoms with E-state index in [0.29, 0.717) is 5.56 Å². The van der Waals surface area contributed by atoms with Gasteiger partial charge in [0.2, 0.25) is 10.0 Å². The molecule has 0 unspecified atom stereocenters. The van der Waals surface area contributed by atoms with Crippen LogP contribution in [0.1, 0.15) is 15.9 Å². The summed E-state index contributed by atoms with van der Waals surface area (Å²) in [5.74, 6) is -0.688. The lowest BCUT2D eigenvalue weighted by molar-refractivity contribution is 0.0956. The zero-order valence-corrected chi connectivity index (χ0v) is 14.6. The number of amides is 1. The van der Waals surface area contributed by atoms with Gasteiger partial charge in [-0.3, -0.25) is 4.79 Å². The summed E-state index contributed by atoms with van der Waals surface area (Å²) in [6, 6.07) is 4.34. The number of carbonyl (C=O) groups is 1. The van der Waals surface area contributed by atoms with Crippen molar-refractivity contribution in [2.24, 2.45) is 0 Å². The first-order valence-electron chi connectivity index (χ1n) is 6.44. The molecule has 0 heterocycles.